The van der Waals surface area contributed by atoms with Crippen molar-refractivity contribution in [3.8, 4) is 0 Å². The molecule has 0 spiro atoms. The van der Waals surface area contributed by atoms with E-state index in [1.807, 2.05) is 6.92 Å². The number of hydrogen-bond donors (Lipinski definition) is 1. The summed E-state index contributed by atoms with van der Waals surface area (Å²) in [5.74, 6) is -2.27. The van der Waals surface area contributed by atoms with Crippen LogP contribution in [0, 0.1) is 5.92 Å². The van der Waals surface area contributed by atoms with Gasteiger partial charge in [0.05, 0.1) is 0 Å². The predicted molar refractivity (Wildman–Crippen MR) is 45.2 cm³/mol. The first-order valence-corrected chi connectivity index (χ1v) is 4.63. The van der Waals surface area contributed by atoms with E-state index in [9.17, 15) is 8.78 Å². The fourth-order valence-corrected chi connectivity index (χ4v) is 2.00. The number of alkyl halides is 2. The highest BCUT2D eigenvalue weighted by Gasteiger charge is 2.36. The lowest BCUT2D eigenvalue weighted by Gasteiger charge is -2.29. The molecule has 2 atom stereocenters. The minimum atomic E-state index is -2.42. The summed E-state index contributed by atoms with van der Waals surface area (Å²) in [6.45, 7) is 1.88. The summed E-state index contributed by atoms with van der Waals surface area (Å²) in [5.41, 5.74) is 5.57. The van der Waals surface area contributed by atoms with Crippen molar-refractivity contribution < 1.29 is 8.78 Å². The van der Waals surface area contributed by atoms with E-state index in [4.69, 9.17) is 5.73 Å². The van der Waals surface area contributed by atoms with Gasteiger partial charge in [-0.2, -0.15) is 0 Å². The molecule has 1 nitrogen and oxygen atoms in total. The van der Waals surface area contributed by atoms with Gasteiger partial charge in [-0.3, -0.25) is 0 Å². The van der Waals surface area contributed by atoms with E-state index in [0.717, 1.165) is 12.8 Å². The van der Waals surface area contributed by atoms with Crippen LogP contribution in [0.15, 0.2) is 0 Å². The van der Waals surface area contributed by atoms with Crippen LogP contribution >= 0.6 is 0 Å². The molecule has 0 amide bonds. The predicted octanol–water partition coefficient (Wildman–Crippen LogP) is 2.55. The Morgan fingerprint density at radius 3 is 2.75 bits per heavy atom. The van der Waals surface area contributed by atoms with E-state index in [1.54, 1.807) is 0 Å². The molecule has 1 aliphatic carbocycles. The van der Waals surface area contributed by atoms with Gasteiger partial charge in [0.2, 0.25) is 5.92 Å². The monoisotopic (exact) mass is 177 g/mol. The summed E-state index contributed by atoms with van der Waals surface area (Å²) in [6, 6.07) is 0.0592. The summed E-state index contributed by atoms with van der Waals surface area (Å²) in [7, 11) is 0. The third-order valence-corrected chi connectivity index (χ3v) is 2.45. The number of nitrogens with two attached hydrogens (primary N) is 1. The van der Waals surface area contributed by atoms with Gasteiger partial charge in [0.15, 0.2) is 0 Å². The number of halogens is 2. The van der Waals surface area contributed by atoms with Gasteiger partial charge in [0, 0.05) is 18.9 Å². The molecule has 0 bridgehead atoms. The van der Waals surface area contributed by atoms with Crippen LogP contribution in [0.5, 0.6) is 0 Å². The van der Waals surface area contributed by atoms with Crippen molar-refractivity contribution in [1.29, 1.82) is 0 Å². The Labute approximate surface area is 72.3 Å². The van der Waals surface area contributed by atoms with Gasteiger partial charge in [0.25, 0.3) is 0 Å². The Bertz CT molecular complexity index is 145. The fraction of sp³-hybridized carbons (Fsp3) is 1.00. The summed E-state index contributed by atoms with van der Waals surface area (Å²) in [6.07, 6.45) is 2.45. The zero-order valence-corrected chi connectivity index (χ0v) is 7.52. The van der Waals surface area contributed by atoms with Gasteiger partial charge >= 0.3 is 0 Å². The highest BCUT2D eigenvalue weighted by molar-refractivity contribution is 4.79. The Balaban J connectivity index is 2.36. The quantitative estimate of drug-likeness (QED) is 0.689. The van der Waals surface area contributed by atoms with E-state index < -0.39 is 5.92 Å². The van der Waals surface area contributed by atoms with Crippen LogP contribution in [0.2, 0.25) is 0 Å². The van der Waals surface area contributed by atoms with Crippen LogP contribution in [0.1, 0.15) is 39.0 Å². The smallest absolute Gasteiger partial charge is 0.248 e. The molecule has 12 heavy (non-hydrogen) atoms. The summed E-state index contributed by atoms with van der Waals surface area (Å²) < 4.78 is 25.7. The van der Waals surface area contributed by atoms with Crippen LogP contribution in [-0.2, 0) is 0 Å². The lowest BCUT2D eigenvalue weighted by molar-refractivity contribution is -0.0540. The molecule has 0 saturated heterocycles. The Morgan fingerprint density at radius 1 is 1.58 bits per heavy atom. The third kappa shape index (κ3) is 3.05. The van der Waals surface area contributed by atoms with E-state index >= 15 is 0 Å². The molecule has 1 saturated carbocycles. The van der Waals surface area contributed by atoms with E-state index in [0.29, 0.717) is 6.42 Å². The molecule has 1 rings (SSSR count). The van der Waals surface area contributed by atoms with Crippen molar-refractivity contribution in [3.05, 3.63) is 0 Å². The van der Waals surface area contributed by atoms with Crippen LogP contribution in [0.25, 0.3) is 0 Å². The highest BCUT2D eigenvalue weighted by atomic mass is 19.3. The SMILES string of the molecule is CC(N)CC1CCCC(F)(F)C1. The van der Waals surface area contributed by atoms with Gasteiger partial charge in [-0.15, -0.1) is 0 Å². The molecule has 0 aromatic rings. The first kappa shape index (κ1) is 9.90. The fourth-order valence-electron chi connectivity index (χ4n) is 2.00. The van der Waals surface area contributed by atoms with Gasteiger partial charge < -0.3 is 5.73 Å². The molecule has 2 unspecified atom stereocenters. The zero-order chi connectivity index (χ0) is 9.19. The average Bonchev–Trinajstić information content (AvgIpc) is 1.82. The van der Waals surface area contributed by atoms with Crippen LogP contribution in [0.3, 0.4) is 0 Å². The van der Waals surface area contributed by atoms with Crippen molar-refractivity contribution in [2.45, 2.75) is 51.0 Å². The summed E-state index contributed by atoms with van der Waals surface area (Å²) in [5, 5.41) is 0. The van der Waals surface area contributed by atoms with E-state index in [1.165, 1.54) is 0 Å². The molecule has 2 N–H and O–H groups in total. The van der Waals surface area contributed by atoms with Gasteiger partial charge in [-0.05, 0) is 32.1 Å². The molecule has 72 valence electrons. The molecule has 0 heterocycles. The third-order valence-electron chi connectivity index (χ3n) is 2.45. The van der Waals surface area contributed by atoms with Gasteiger partial charge in [-0.1, -0.05) is 0 Å². The summed E-state index contributed by atoms with van der Waals surface area (Å²) in [4.78, 5) is 0. The van der Waals surface area contributed by atoms with Crippen molar-refractivity contribution in [3.63, 3.8) is 0 Å². The van der Waals surface area contributed by atoms with Crippen molar-refractivity contribution >= 4 is 0 Å². The first-order chi connectivity index (χ1) is 5.49. The van der Waals surface area contributed by atoms with Crippen molar-refractivity contribution in [2.75, 3.05) is 0 Å². The first-order valence-electron chi connectivity index (χ1n) is 4.63. The molecule has 0 aromatic carbocycles. The zero-order valence-electron chi connectivity index (χ0n) is 7.52. The largest absolute Gasteiger partial charge is 0.328 e. The number of hydrogen-bond acceptors (Lipinski definition) is 1. The second-order valence-corrected chi connectivity index (χ2v) is 4.03. The van der Waals surface area contributed by atoms with E-state index in [-0.39, 0.29) is 24.8 Å². The molecule has 0 aromatic heterocycles. The normalized spacial score (nSPS) is 31.5. The lowest BCUT2D eigenvalue weighted by atomic mass is 9.83. The van der Waals surface area contributed by atoms with Gasteiger partial charge in [0.1, 0.15) is 0 Å². The highest BCUT2D eigenvalue weighted by Crippen LogP contribution is 2.38. The van der Waals surface area contributed by atoms with Gasteiger partial charge in [-0.25, -0.2) is 8.78 Å². The molecule has 0 radical (unpaired) electrons. The summed E-state index contributed by atoms with van der Waals surface area (Å²) >= 11 is 0. The topological polar surface area (TPSA) is 26.0 Å². The molecule has 1 aliphatic rings. The lowest BCUT2D eigenvalue weighted by Crippen LogP contribution is -2.29. The standard InChI is InChI=1S/C9H17F2N/c1-7(12)5-8-3-2-4-9(10,11)6-8/h7-8H,2-6,12H2,1H3. The van der Waals surface area contributed by atoms with Crippen LogP contribution in [-0.4, -0.2) is 12.0 Å². The van der Waals surface area contributed by atoms with Crippen LogP contribution in [0.4, 0.5) is 8.78 Å². The second-order valence-electron chi connectivity index (χ2n) is 4.03. The molecule has 1 fully saturated rings. The second kappa shape index (κ2) is 3.69. The minimum Gasteiger partial charge on any atom is -0.328 e. The molecule has 0 aliphatic heterocycles. The molecular weight excluding hydrogens is 160 g/mol. The molecular formula is C9H17F2N. The Hall–Kier alpha value is -0.180. The molecule has 3 heteroatoms. The van der Waals surface area contributed by atoms with Crippen molar-refractivity contribution in [1.82, 2.24) is 0 Å². The maximum absolute atomic E-state index is 12.9. The maximum atomic E-state index is 12.9. The van der Waals surface area contributed by atoms with Crippen molar-refractivity contribution in [2.24, 2.45) is 11.7 Å². The minimum absolute atomic E-state index is 0.0501. The maximum Gasteiger partial charge on any atom is 0.248 e. The van der Waals surface area contributed by atoms with Crippen LogP contribution < -0.4 is 5.73 Å². The average molecular weight is 177 g/mol. The Kier molecular flexibility index (Phi) is 3.04. The van der Waals surface area contributed by atoms with E-state index in [2.05, 4.69) is 0 Å². The Morgan fingerprint density at radius 2 is 2.25 bits per heavy atom. The number of rotatable bonds is 2.